The van der Waals surface area contributed by atoms with Gasteiger partial charge in [0.05, 0.1) is 18.2 Å². The number of rotatable bonds is 5. The summed E-state index contributed by atoms with van der Waals surface area (Å²) in [5.41, 5.74) is 2.73. The molecule has 204 valence electrons. The molecule has 3 heterocycles. The Morgan fingerprint density at radius 3 is 2.21 bits per heavy atom. The number of hydrogen-bond donors (Lipinski definition) is 1. The Hall–Kier alpha value is -4.00. The Morgan fingerprint density at radius 1 is 0.949 bits per heavy atom. The van der Waals surface area contributed by atoms with Crippen molar-refractivity contribution in [2.75, 3.05) is 30.0 Å². The second-order valence-electron chi connectivity index (χ2n) is 11.3. The minimum absolute atomic E-state index is 0.0289. The number of carbonyl (C=O) groups is 2. The van der Waals surface area contributed by atoms with E-state index in [4.69, 9.17) is 9.15 Å². The monoisotopic (exact) mass is 528 g/mol. The summed E-state index contributed by atoms with van der Waals surface area (Å²) in [5, 5.41) is 11.7. The summed E-state index contributed by atoms with van der Waals surface area (Å²) in [4.78, 5) is 30.9. The van der Waals surface area contributed by atoms with Crippen LogP contribution in [0, 0.1) is 6.92 Å². The zero-order valence-corrected chi connectivity index (χ0v) is 23.3. The van der Waals surface area contributed by atoms with E-state index in [-0.39, 0.29) is 16.7 Å². The Balaban J connectivity index is 1.64. The minimum Gasteiger partial charge on any atom is -0.507 e. The first-order valence-corrected chi connectivity index (χ1v) is 13.5. The predicted molar refractivity (Wildman–Crippen MR) is 152 cm³/mol. The number of nitrogens with zero attached hydrogens (tertiary/aromatic N) is 2. The number of carbonyl (C=O) groups excluding carboxylic acids is 2. The number of ether oxygens (including phenoxy) is 1. The lowest BCUT2D eigenvalue weighted by atomic mass is 9.85. The van der Waals surface area contributed by atoms with Crippen LogP contribution >= 0.6 is 0 Å². The van der Waals surface area contributed by atoms with Crippen molar-refractivity contribution < 1.29 is 23.8 Å². The average molecular weight is 529 g/mol. The van der Waals surface area contributed by atoms with E-state index in [1.54, 1.807) is 25.1 Å². The standard InChI is InChI=1S/C32H36N2O5/c1-20-9-15-26(39-20)28-27(29(35)24-19-21(32(2,3)4)10-16-25(24)38-5)30(36)31(37)34(28)23-13-11-22(12-14-23)33-17-7-6-8-18-33/h9-16,19,28,35H,6-8,17-18H2,1-5H3/b29-27+. The van der Waals surface area contributed by atoms with Crippen molar-refractivity contribution in [2.24, 2.45) is 0 Å². The molecule has 3 aromatic rings. The van der Waals surface area contributed by atoms with Crippen LogP contribution in [0.15, 0.2) is 64.6 Å². The Labute approximate surface area is 229 Å². The lowest BCUT2D eigenvalue weighted by Crippen LogP contribution is -2.30. The molecule has 2 aliphatic rings. The van der Waals surface area contributed by atoms with E-state index in [1.165, 1.54) is 18.4 Å². The summed E-state index contributed by atoms with van der Waals surface area (Å²) >= 11 is 0. The number of benzene rings is 2. The van der Waals surface area contributed by atoms with Gasteiger partial charge >= 0.3 is 0 Å². The van der Waals surface area contributed by atoms with Gasteiger partial charge in [0.2, 0.25) is 0 Å². The highest BCUT2D eigenvalue weighted by atomic mass is 16.5. The van der Waals surface area contributed by atoms with Gasteiger partial charge in [-0.05, 0) is 85.7 Å². The lowest BCUT2D eigenvalue weighted by Gasteiger charge is -2.29. The smallest absolute Gasteiger partial charge is 0.300 e. The molecule has 7 heteroatoms. The number of methoxy groups -OCH3 is 1. The number of aliphatic hydroxyl groups is 1. The van der Waals surface area contributed by atoms with Gasteiger partial charge in [-0.2, -0.15) is 0 Å². The molecule has 1 N–H and O–H groups in total. The van der Waals surface area contributed by atoms with Crippen molar-refractivity contribution in [1.82, 2.24) is 0 Å². The maximum Gasteiger partial charge on any atom is 0.300 e. The summed E-state index contributed by atoms with van der Waals surface area (Å²) in [6.07, 6.45) is 3.56. The molecule has 0 saturated carbocycles. The molecular weight excluding hydrogens is 492 g/mol. The van der Waals surface area contributed by atoms with E-state index in [0.29, 0.717) is 28.5 Å². The Kier molecular flexibility index (Phi) is 7.02. The fourth-order valence-electron chi connectivity index (χ4n) is 5.45. The van der Waals surface area contributed by atoms with Gasteiger partial charge in [0.15, 0.2) is 0 Å². The van der Waals surface area contributed by atoms with Crippen LogP contribution in [-0.4, -0.2) is 37.0 Å². The molecule has 0 spiro atoms. The summed E-state index contributed by atoms with van der Waals surface area (Å²) in [6.45, 7) is 10.0. The van der Waals surface area contributed by atoms with Gasteiger partial charge in [-0.3, -0.25) is 14.5 Å². The third-order valence-corrected chi connectivity index (χ3v) is 7.64. The summed E-state index contributed by atoms with van der Waals surface area (Å²) in [7, 11) is 1.51. The summed E-state index contributed by atoms with van der Waals surface area (Å²) < 4.78 is 11.5. The van der Waals surface area contributed by atoms with Crippen LogP contribution in [0.2, 0.25) is 0 Å². The number of aryl methyl sites for hydroxylation is 1. The van der Waals surface area contributed by atoms with Crippen LogP contribution in [0.4, 0.5) is 11.4 Å². The highest BCUT2D eigenvalue weighted by molar-refractivity contribution is 6.51. The van der Waals surface area contributed by atoms with E-state index in [1.807, 2.05) is 36.4 Å². The third kappa shape index (κ3) is 4.93. The van der Waals surface area contributed by atoms with Crippen LogP contribution in [0.5, 0.6) is 5.75 Å². The number of anilines is 2. The van der Waals surface area contributed by atoms with Crippen molar-refractivity contribution in [3.63, 3.8) is 0 Å². The van der Waals surface area contributed by atoms with Crippen molar-refractivity contribution >= 4 is 28.8 Å². The fraction of sp³-hybridized carbons (Fsp3) is 0.375. The van der Waals surface area contributed by atoms with Crippen LogP contribution in [0.25, 0.3) is 5.76 Å². The zero-order chi connectivity index (χ0) is 27.9. The van der Waals surface area contributed by atoms with Crippen LogP contribution in [0.1, 0.15) is 68.7 Å². The molecular formula is C32H36N2O5. The quantitative estimate of drug-likeness (QED) is 0.231. The molecule has 1 unspecified atom stereocenters. The number of furan rings is 1. The van der Waals surface area contributed by atoms with Gasteiger partial charge in [0, 0.05) is 24.5 Å². The number of hydrogen-bond acceptors (Lipinski definition) is 6. The summed E-state index contributed by atoms with van der Waals surface area (Å²) in [6, 6.07) is 15.8. The lowest BCUT2D eigenvalue weighted by molar-refractivity contribution is -0.132. The normalized spacial score (nSPS) is 19.6. The van der Waals surface area contributed by atoms with Crippen molar-refractivity contribution in [3.8, 4) is 5.75 Å². The first-order chi connectivity index (χ1) is 18.6. The van der Waals surface area contributed by atoms with Crippen LogP contribution in [-0.2, 0) is 15.0 Å². The van der Waals surface area contributed by atoms with E-state index in [9.17, 15) is 14.7 Å². The molecule has 0 bridgehead atoms. The SMILES string of the molecule is COc1ccc(C(C)(C)C)cc1/C(O)=C1\C(=O)C(=O)N(c2ccc(N3CCCCC3)cc2)C1c1ccc(C)o1. The van der Waals surface area contributed by atoms with Gasteiger partial charge in [-0.1, -0.05) is 26.8 Å². The number of ketones is 1. The number of piperidine rings is 1. The van der Waals surface area contributed by atoms with Crippen molar-refractivity contribution in [1.29, 1.82) is 0 Å². The maximum atomic E-state index is 13.6. The van der Waals surface area contributed by atoms with Gasteiger partial charge in [0.25, 0.3) is 11.7 Å². The molecule has 7 nitrogen and oxygen atoms in total. The molecule has 1 amide bonds. The van der Waals surface area contributed by atoms with Crippen LogP contribution in [0.3, 0.4) is 0 Å². The predicted octanol–water partition coefficient (Wildman–Crippen LogP) is 6.51. The Morgan fingerprint density at radius 2 is 1.62 bits per heavy atom. The fourth-order valence-corrected chi connectivity index (χ4v) is 5.45. The minimum atomic E-state index is -0.928. The molecule has 1 aromatic heterocycles. The highest BCUT2D eigenvalue weighted by Gasteiger charge is 2.48. The van der Waals surface area contributed by atoms with Crippen molar-refractivity contribution in [3.05, 3.63) is 82.8 Å². The summed E-state index contributed by atoms with van der Waals surface area (Å²) in [5.74, 6) is -0.320. The molecule has 0 aliphatic carbocycles. The molecule has 2 saturated heterocycles. The zero-order valence-electron chi connectivity index (χ0n) is 23.3. The van der Waals surface area contributed by atoms with Gasteiger partial charge in [0.1, 0.15) is 29.1 Å². The highest BCUT2D eigenvalue weighted by Crippen LogP contribution is 2.44. The second kappa shape index (κ2) is 10.3. The largest absolute Gasteiger partial charge is 0.507 e. The topological polar surface area (TPSA) is 83.2 Å². The molecule has 1 atom stereocenters. The van der Waals surface area contributed by atoms with Gasteiger partial charge in [-0.25, -0.2) is 0 Å². The number of amides is 1. The van der Waals surface area contributed by atoms with Gasteiger partial charge < -0.3 is 19.2 Å². The van der Waals surface area contributed by atoms with E-state index >= 15 is 0 Å². The maximum absolute atomic E-state index is 13.6. The molecule has 2 aliphatic heterocycles. The second-order valence-corrected chi connectivity index (χ2v) is 11.3. The van der Waals surface area contributed by atoms with Crippen LogP contribution < -0.4 is 14.5 Å². The number of aliphatic hydroxyl groups excluding tert-OH is 1. The Bertz CT molecular complexity index is 1420. The van der Waals surface area contributed by atoms with E-state index in [2.05, 4.69) is 25.7 Å². The first kappa shape index (κ1) is 26.6. The van der Waals surface area contributed by atoms with E-state index < -0.39 is 17.7 Å². The number of Topliss-reactive ketones (excluding diaryl/α,β-unsaturated/α-hetero) is 1. The first-order valence-electron chi connectivity index (χ1n) is 13.5. The third-order valence-electron chi connectivity index (χ3n) is 7.64. The molecule has 39 heavy (non-hydrogen) atoms. The molecule has 2 fully saturated rings. The molecule has 2 aromatic carbocycles. The van der Waals surface area contributed by atoms with Crippen molar-refractivity contribution in [2.45, 2.75) is 58.4 Å². The van der Waals surface area contributed by atoms with Gasteiger partial charge in [-0.15, -0.1) is 0 Å². The van der Waals surface area contributed by atoms with E-state index in [0.717, 1.165) is 37.2 Å². The molecule has 5 rings (SSSR count). The molecule has 0 radical (unpaired) electrons. The average Bonchev–Trinajstić information content (AvgIpc) is 3.48.